The van der Waals surface area contributed by atoms with Gasteiger partial charge in [-0.15, -0.1) is 0 Å². The van der Waals surface area contributed by atoms with Crippen LogP contribution < -0.4 is 5.43 Å². The normalized spacial score (nSPS) is 10.5. The molecule has 116 valence electrons. The highest BCUT2D eigenvalue weighted by atomic mass is 35.5. The van der Waals surface area contributed by atoms with Gasteiger partial charge in [0.1, 0.15) is 16.7 Å². The molecule has 7 nitrogen and oxygen atoms in total. The van der Waals surface area contributed by atoms with E-state index in [2.05, 4.69) is 15.5 Å². The van der Waals surface area contributed by atoms with Crippen LogP contribution in [0.2, 0.25) is 15.2 Å². The minimum absolute atomic E-state index is 0.00784. The van der Waals surface area contributed by atoms with Crippen LogP contribution in [0.1, 0.15) is 11.1 Å². The van der Waals surface area contributed by atoms with Gasteiger partial charge in [0.15, 0.2) is 11.0 Å². The Balaban J connectivity index is 2.18. The van der Waals surface area contributed by atoms with Crippen molar-refractivity contribution in [2.45, 2.75) is 0 Å². The second-order valence-corrected chi connectivity index (χ2v) is 5.20. The largest absolute Gasteiger partial charge is 0.269 e. The van der Waals surface area contributed by atoms with Crippen molar-refractivity contribution >= 4 is 52.5 Å². The van der Waals surface area contributed by atoms with Gasteiger partial charge in [-0.05, 0) is 17.7 Å². The first-order chi connectivity index (χ1) is 10.9. The molecule has 1 heterocycles. The van der Waals surface area contributed by atoms with Crippen LogP contribution in [-0.4, -0.2) is 16.1 Å². The molecule has 1 aromatic heterocycles. The van der Waals surface area contributed by atoms with Crippen molar-refractivity contribution in [2.24, 2.45) is 5.10 Å². The molecular weight excluding hydrogens is 365 g/mol. The summed E-state index contributed by atoms with van der Waals surface area (Å²) in [7, 11) is 0. The summed E-state index contributed by atoms with van der Waals surface area (Å²) in [4.78, 5) is 13.9. The van der Waals surface area contributed by atoms with Gasteiger partial charge in [0.2, 0.25) is 0 Å². The summed E-state index contributed by atoms with van der Waals surface area (Å²) in [5.41, 5.74) is 3.11. The molecule has 0 saturated carbocycles. The fraction of sp³-hybridized carbons (Fsp3) is 0. The fourth-order valence-corrected chi connectivity index (χ4v) is 2.20. The van der Waals surface area contributed by atoms with Gasteiger partial charge in [0.25, 0.3) is 5.69 Å². The lowest BCUT2D eigenvalue weighted by Gasteiger charge is -2.06. The van der Waals surface area contributed by atoms with E-state index >= 15 is 0 Å². The van der Waals surface area contributed by atoms with Crippen LogP contribution in [0.5, 0.6) is 0 Å². The van der Waals surface area contributed by atoms with E-state index < -0.39 is 4.92 Å². The zero-order valence-electron chi connectivity index (χ0n) is 11.1. The molecule has 0 atom stereocenters. The molecule has 1 aromatic carbocycles. The number of nitro groups is 1. The third kappa shape index (κ3) is 3.87. The van der Waals surface area contributed by atoms with Gasteiger partial charge in [-0.2, -0.15) is 10.4 Å². The number of anilines is 1. The summed E-state index contributed by atoms with van der Waals surface area (Å²) in [6.45, 7) is 0. The van der Waals surface area contributed by atoms with Crippen LogP contribution in [0.15, 0.2) is 29.4 Å². The average Bonchev–Trinajstić information content (AvgIpc) is 2.53. The maximum atomic E-state index is 10.6. The number of pyridine rings is 1. The first-order valence-corrected chi connectivity index (χ1v) is 7.05. The Morgan fingerprint density at radius 2 is 1.91 bits per heavy atom. The maximum absolute atomic E-state index is 10.6. The van der Waals surface area contributed by atoms with Gasteiger partial charge >= 0.3 is 0 Å². The van der Waals surface area contributed by atoms with Gasteiger partial charge < -0.3 is 0 Å². The molecule has 0 aliphatic heterocycles. The lowest BCUT2D eigenvalue weighted by molar-refractivity contribution is -0.384. The first kappa shape index (κ1) is 17.0. The minimum Gasteiger partial charge on any atom is -0.260 e. The Labute approximate surface area is 145 Å². The molecular formula is C13H6Cl3N5O2. The van der Waals surface area contributed by atoms with Crippen molar-refractivity contribution in [2.75, 3.05) is 5.43 Å². The van der Waals surface area contributed by atoms with Gasteiger partial charge in [-0.3, -0.25) is 15.5 Å². The Morgan fingerprint density at radius 1 is 1.26 bits per heavy atom. The minimum atomic E-state index is -0.496. The maximum Gasteiger partial charge on any atom is 0.269 e. The number of nitro benzene ring substituents is 1. The Bertz CT molecular complexity index is 831. The molecule has 2 aromatic rings. The van der Waals surface area contributed by atoms with Crippen molar-refractivity contribution < 1.29 is 4.92 Å². The third-order valence-electron chi connectivity index (χ3n) is 2.64. The smallest absolute Gasteiger partial charge is 0.260 e. The number of rotatable bonds is 4. The first-order valence-electron chi connectivity index (χ1n) is 5.92. The highest BCUT2D eigenvalue weighted by molar-refractivity contribution is 6.45. The highest BCUT2D eigenvalue weighted by Crippen LogP contribution is 2.34. The molecule has 10 heteroatoms. The van der Waals surface area contributed by atoms with Gasteiger partial charge in [-0.1, -0.05) is 34.8 Å². The molecule has 0 spiro atoms. The molecule has 23 heavy (non-hydrogen) atoms. The van der Waals surface area contributed by atoms with Gasteiger partial charge in [0.05, 0.1) is 16.2 Å². The van der Waals surface area contributed by atoms with Crippen molar-refractivity contribution in [3.05, 3.63) is 60.7 Å². The number of nitrogens with zero attached hydrogens (tertiary/aromatic N) is 4. The van der Waals surface area contributed by atoms with Crippen LogP contribution in [0.25, 0.3) is 0 Å². The fourth-order valence-electron chi connectivity index (χ4n) is 1.53. The predicted octanol–water partition coefficient (Wildman–Crippen LogP) is 4.27. The molecule has 0 aliphatic rings. The molecule has 0 saturated heterocycles. The number of aromatic nitrogens is 1. The lowest BCUT2D eigenvalue weighted by Crippen LogP contribution is -1.98. The summed E-state index contributed by atoms with van der Waals surface area (Å²) in [6.07, 6.45) is 1.40. The summed E-state index contributed by atoms with van der Waals surface area (Å²) < 4.78 is 0. The number of hydrogen-bond acceptors (Lipinski definition) is 6. The van der Waals surface area contributed by atoms with Crippen LogP contribution in [-0.2, 0) is 0 Å². The number of nitrogens with one attached hydrogen (secondary N) is 1. The van der Waals surface area contributed by atoms with Crippen LogP contribution in [0.4, 0.5) is 11.5 Å². The molecule has 0 aliphatic carbocycles. The van der Waals surface area contributed by atoms with Crippen LogP contribution in [0.3, 0.4) is 0 Å². The van der Waals surface area contributed by atoms with E-state index in [0.717, 1.165) is 0 Å². The predicted molar refractivity (Wildman–Crippen MR) is 88.3 cm³/mol. The van der Waals surface area contributed by atoms with Crippen LogP contribution in [0, 0.1) is 21.4 Å². The van der Waals surface area contributed by atoms with Crippen molar-refractivity contribution in [3.63, 3.8) is 0 Å². The van der Waals surface area contributed by atoms with Crippen molar-refractivity contribution in [1.82, 2.24) is 4.98 Å². The second-order valence-electron chi connectivity index (χ2n) is 4.08. The quantitative estimate of drug-likeness (QED) is 0.374. The topological polar surface area (TPSA) is 104 Å². The van der Waals surface area contributed by atoms with E-state index in [9.17, 15) is 10.1 Å². The number of hydrogen-bond donors (Lipinski definition) is 1. The standard InChI is InChI=1S/C13H6Cl3N5O2/c14-10-9(5-17)12(16)19-13(11(10)15)20-18-6-7-1-3-8(4-2-7)21(22)23/h1-4,6H,(H,19,20). The number of halogens is 3. The average molecular weight is 371 g/mol. The molecule has 0 unspecified atom stereocenters. The van der Waals surface area contributed by atoms with E-state index in [1.807, 2.05) is 0 Å². The molecule has 0 fully saturated rings. The van der Waals surface area contributed by atoms with Gasteiger partial charge in [0, 0.05) is 12.1 Å². The van der Waals surface area contributed by atoms with E-state index in [1.54, 1.807) is 6.07 Å². The van der Waals surface area contributed by atoms with E-state index in [1.165, 1.54) is 30.5 Å². The van der Waals surface area contributed by atoms with E-state index in [0.29, 0.717) is 5.56 Å². The lowest BCUT2D eigenvalue weighted by atomic mass is 10.2. The van der Waals surface area contributed by atoms with E-state index in [-0.39, 0.29) is 32.3 Å². The molecule has 0 amide bonds. The van der Waals surface area contributed by atoms with Crippen LogP contribution >= 0.6 is 34.8 Å². The Hall–Kier alpha value is -2.40. The number of hydrazone groups is 1. The second kappa shape index (κ2) is 7.24. The van der Waals surface area contributed by atoms with Crippen molar-refractivity contribution in [3.8, 4) is 6.07 Å². The van der Waals surface area contributed by atoms with Gasteiger partial charge in [-0.25, -0.2) is 4.98 Å². The summed E-state index contributed by atoms with van der Waals surface area (Å²) >= 11 is 17.7. The van der Waals surface area contributed by atoms with Crippen molar-refractivity contribution in [1.29, 1.82) is 5.26 Å². The monoisotopic (exact) mass is 369 g/mol. The molecule has 0 radical (unpaired) electrons. The summed E-state index contributed by atoms with van der Waals surface area (Å²) in [6, 6.07) is 7.54. The zero-order valence-corrected chi connectivity index (χ0v) is 13.4. The SMILES string of the molecule is N#Cc1c(Cl)nc(NN=Cc2ccc([N+](=O)[O-])cc2)c(Cl)c1Cl. The Morgan fingerprint density at radius 3 is 2.48 bits per heavy atom. The highest BCUT2D eigenvalue weighted by Gasteiger charge is 2.15. The third-order valence-corrected chi connectivity index (χ3v) is 3.75. The molecule has 0 bridgehead atoms. The number of nitriles is 1. The van der Waals surface area contributed by atoms with E-state index in [4.69, 9.17) is 40.1 Å². The molecule has 1 N–H and O–H groups in total. The number of benzene rings is 1. The number of non-ortho nitro benzene ring substituents is 1. The Kier molecular flexibility index (Phi) is 5.34. The summed E-state index contributed by atoms with van der Waals surface area (Å²) in [5, 5.41) is 23.2. The molecule has 2 rings (SSSR count). The summed E-state index contributed by atoms with van der Waals surface area (Å²) in [5.74, 6) is 0.0822. The zero-order chi connectivity index (χ0) is 17.0.